The molecule has 0 saturated heterocycles. The topological polar surface area (TPSA) is 46.5 Å². The lowest BCUT2D eigenvalue weighted by molar-refractivity contribution is -0.138. The Morgan fingerprint density at radius 3 is 2.42 bits per heavy atom. The highest BCUT2D eigenvalue weighted by molar-refractivity contribution is 5.78. The largest absolute Gasteiger partial charge is 0.496 e. The molecule has 0 spiro atoms. The molecule has 2 aromatic rings. The summed E-state index contributed by atoms with van der Waals surface area (Å²) in [5.74, 6) is -0.476. The molecule has 0 fully saturated rings. The first-order valence-corrected chi connectivity index (χ1v) is 8.30. The molecule has 0 heterocycles. The van der Waals surface area contributed by atoms with Crippen LogP contribution in [0.25, 0.3) is 0 Å². The van der Waals surface area contributed by atoms with Crippen LogP contribution in [0, 0.1) is 13.8 Å². The van der Waals surface area contributed by atoms with Crippen molar-refractivity contribution in [2.24, 2.45) is 0 Å². The maximum absolute atomic E-state index is 12.0. The van der Waals surface area contributed by atoms with Gasteiger partial charge in [0.2, 0.25) is 0 Å². The van der Waals surface area contributed by atoms with E-state index < -0.39 is 11.9 Å². The van der Waals surface area contributed by atoms with Crippen LogP contribution in [0.3, 0.4) is 0 Å². The Labute approximate surface area is 144 Å². The Morgan fingerprint density at radius 1 is 1.12 bits per heavy atom. The summed E-state index contributed by atoms with van der Waals surface area (Å²) in [6.07, 6.45) is 0.459. The minimum Gasteiger partial charge on any atom is -0.496 e. The molecule has 0 saturated carbocycles. The van der Waals surface area contributed by atoms with Gasteiger partial charge in [-0.25, -0.2) is 0 Å². The number of aryl methyl sites for hydroxylation is 2. The van der Waals surface area contributed by atoms with E-state index in [-0.39, 0.29) is 0 Å². The van der Waals surface area contributed by atoms with Gasteiger partial charge in [0.15, 0.2) is 0 Å². The van der Waals surface area contributed by atoms with E-state index in [0.717, 1.165) is 27.8 Å². The van der Waals surface area contributed by atoms with Gasteiger partial charge in [-0.15, -0.1) is 0 Å². The molecule has 0 radical (unpaired) electrons. The average Bonchev–Trinajstić information content (AvgIpc) is 2.54. The lowest BCUT2D eigenvalue weighted by Gasteiger charge is -2.19. The first-order valence-electron chi connectivity index (χ1n) is 8.30. The van der Waals surface area contributed by atoms with E-state index >= 15 is 0 Å². The Hall–Kier alpha value is -2.29. The van der Waals surface area contributed by atoms with Crippen LogP contribution < -0.4 is 4.74 Å². The number of ether oxygens (including phenoxy) is 1. The maximum Gasteiger partial charge on any atom is 0.311 e. The zero-order valence-corrected chi connectivity index (χ0v) is 15.1. The fourth-order valence-electron chi connectivity index (χ4n) is 2.95. The summed E-state index contributed by atoms with van der Waals surface area (Å²) in [6.45, 7) is 8.26. The normalized spacial score (nSPS) is 12.2. The first-order chi connectivity index (χ1) is 11.3. The monoisotopic (exact) mass is 326 g/mol. The second-order valence-corrected chi connectivity index (χ2v) is 6.68. The Kier molecular flexibility index (Phi) is 5.66. The molecule has 24 heavy (non-hydrogen) atoms. The molecule has 0 bridgehead atoms. The molecule has 1 N–H and O–H groups in total. The zero-order chi connectivity index (χ0) is 17.9. The highest BCUT2D eigenvalue weighted by Crippen LogP contribution is 2.33. The molecular formula is C21H26O3. The van der Waals surface area contributed by atoms with Crippen LogP contribution in [0.1, 0.15) is 53.5 Å². The fraction of sp³-hybridized carbons (Fsp3) is 0.381. The van der Waals surface area contributed by atoms with Crippen molar-refractivity contribution >= 4 is 5.97 Å². The van der Waals surface area contributed by atoms with Crippen LogP contribution in [0.4, 0.5) is 0 Å². The Morgan fingerprint density at radius 2 is 1.83 bits per heavy atom. The Balaban J connectivity index is 2.49. The summed E-state index contributed by atoms with van der Waals surface area (Å²) >= 11 is 0. The van der Waals surface area contributed by atoms with Gasteiger partial charge in [0.25, 0.3) is 0 Å². The molecule has 0 amide bonds. The summed E-state index contributed by atoms with van der Waals surface area (Å²) in [6, 6.07) is 12.0. The van der Waals surface area contributed by atoms with E-state index in [2.05, 4.69) is 26.0 Å². The predicted octanol–water partition coefficient (Wildman–Crippen LogP) is 4.85. The Bertz CT molecular complexity index is 732. The van der Waals surface area contributed by atoms with Gasteiger partial charge in [-0.05, 0) is 48.9 Å². The van der Waals surface area contributed by atoms with Crippen LogP contribution in [-0.2, 0) is 11.2 Å². The lowest BCUT2D eigenvalue weighted by Crippen LogP contribution is -2.16. The molecule has 3 heteroatoms. The van der Waals surface area contributed by atoms with E-state index in [0.29, 0.717) is 18.1 Å². The van der Waals surface area contributed by atoms with Gasteiger partial charge < -0.3 is 9.84 Å². The van der Waals surface area contributed by atoms with Crippen molar-refractivity contribution in [1.29, 1.82) is 0 Å². The van der Waals surface area contributed by atoms with Crippen LogP contribution in [0.15, 0.2) is 36.4 Å². The van der Waals surface area contributed by atoms with E-state index in [4.69, 9.17) is 4.74 Å². The van der Waals surface area contributed by atoms with Gasteiger partial charge in [-0.3, -0.25) is 4.79 Å². The van der Waals surface area contributed by atoms with Crippen molar-refractivity contribution in [3.05, 3.63) is 64.2 Å². The number of hydrogen-bond donors (Lipinski definition) is 1. The van der Waals surface area contributed by atoms with Gasteiger partial charge in [-0.2, -0.15) is 0 Å². The summed E-state index contributed by atoms with van der Waals surface area (Å²) < 4.78 is 5.44. The van der Waals surface area contributed by atoms with Gasteiger partial charge in [0, 0.05) is 5.56 Å². The number of hydrogen-bond acceptors (Lipinski definition) is 2. The van der Waals surface area contributed by atoms with Gasteiger partial charge in [0.1, 0.15) is 5.75 Å². The lowest BCUT2D eigenvalue weighted by atomic mass is 9.87. The molecule has 0 aliphatic heterocycles. The van der Waals surface area contributed by atoms with Crippen molar-refractivity contribution in [2.45, 2.75) is 46.0 Å². The summed E-state index contributed by atoms with van der Waals surface area (Å²) in [4.78, 5) is 12.0. The van der Waals surface area contributed by atoms with Crippen LogP contribution in [0.5, 0.6) is 5.75 Å². The summed E-state index contributed by atoms with van der Waals surface area (Å²) in [5, 5.41) is 9.84. The van der Waals surface area contributed by atoms with Crippen molar-refractivity contribution in [2.75, 3.05) is 7.11 Å². The number of rotatable bonds is 6. The minimum absolute atomic E-state index is 0.338. The van der Waals surface area contributed by atoms with Crippen molar-refractivity contribution in [3.63, 3.8) is 0 Å². The second-order valence-electron chi connectivity index (χ2n) is 6.68. The smallest absolute Gasteiger partial charge is 0.311 e. The third-order valence-corrected chi connectivity index (χ3v) is 4.52. The molecule has 0 aromatic heterocycles. The molecule has 128 valence electrons. The number of methoxy groups -OCH3 is 1. The fourth-order valence-corrected chi connectivity index (χ4v) is 2.95. The van der Waals surface area contributed by atoms with Crippen LogP contribution in [0.2, 0.25) is 0 Å². The van der Waals surface area contributed by atoms with Crippen LogP contribution >= 0.6 is 0 Å². The van der Waals surface area contributed by atoms with Gasteiger partial charge in [0.05, 0.1) is 13.0 Å². The molecule has 1 atom stereocenters. The number of carboxylic acid groups (broad SMARTS) is 1. The standard InChI is InChI=1S/C21H26O3/c1-13(2)16-8-9-20(24-5)18(11-16)19(21(22)23)12-17-10-14(3)6-7-15(17)4/h6-11,13,19H,12H2,1-5H3,(H,22,23). The number of aliphatic carboxylic acids is 1. The SMILES string of the molecule is COc1ccc(C(C)C)cc1C(Cc1cc(C)ccc1C)C(=O)O. The number of carboxylic acids is 1. The van der Waals surface area contributed by atoms with E-state index in [1.54, 1.807) is 7.11 Å². The average molecular weight is 326 g/mol. The van der Waals surface area contributed by atoms with Crippen molar-refractivity contribution < 1.29 is 14.6 Å². The highest BCUT2D eigenvalue weighted by Gasteiger charge is 2.25. The number of carbonyl (C=O) groups is 1. The summed E-state index contributed by atoms with van der Waals surface area (Å²) in [7, 11) is 1.59. The third-order valence-electron chi connectivity index (χ3n) is 4.52. The molecule has 0 aliphatic rings. The van der Waals surface area contributed by atoms with E-state index in [9.17, 15) is 9.90 Å². The second kappa shape index (κ2) is 7.52. The molecule has 0 aliphatic carbocycles. The molecular weight excluding hydrogens is 300 g/mol. The molecule has 3 nitrogen and oxygen atoms in total. The summed E-state index contributed by atoms with van der Waals surface area (Å²) in [5.41, 5.74) is 5.20. The zero-order valence-electron chi connectivity index (χ0n) is 15.1. The van der Waals surface area contributed by atoms with Crippen molar-refractivity contribution in [3.8, 4) is 5.75 Å². The van der Waals surface area contributed by atoms with E-state index in [1.807, 2.05) is 38.1 Å². The van der Waals surface area contributed by atoms with E-state index in [1.165, 1.54) is 0 Å². The van der Waals surface area contributed by atoms with Crippen molar-refractivity contribution in [1.82, 2.24) is 0 Å². The molecule has 2 rings (SSSR count). The maximum atomic E-state index is 12.0. The molecule has 1 unspecified atom stereocenters. The van der Waals surface area contributed by atoms with Gasteiger partial charge >= 0.3 is 5.97 Å². The quantitative estimate of drug-likeness (QED) is 0.825. The number of benzene rings is 2. The molecule has 2 aromatic carbocycles. The van der Waals surface area contributed by atoms with Gasteiger partial charge in [-0.1, -0.05) is 49.7 Å². The third kappa shape index (κ3) is 3.97. The highest BCUT2D eigenvalue weighted by atomic mass is 16.5. The predicted molar refractivity (Wildman–Crippen MR) is 97.1 cm³/mol. The first kappa shape index (κ1) is 18.1. The van der Waals surface area contributed by atoms with Crippen LogP contribution in [-0.4, -0.2) is 18.2 Å². The minimum atomic E-state index is -0.824.